The second-order valence-corrected chi connectivity index (χ2v) is 7.26. The number of aliphatic hydroxyl groups excluding tert-OH is 1. The normalized spacial score (nSPS) is 32.2. The molecule has 1 aromatic carbocycles. The molecule has 1 aliphatic rings. The Labute approximate surface area is 165 Å². The summed E-state index contributed by atoms with van der Waals surface area (Å²) < 4.78 is 11.2. The van der Waals surface area contributed by atoms with E-state index < -0.39 is 35.3 Å². The highest BCUT2D eigenvalue weighted by atomic mass is 35.5. The summed E-state index contributed by atoms with van der Waals surface area (Å²) in [6, 6.07) is 9.30. The van der Waals surface area contributed by atoms with Crippen LogP contribution in [0.3, 0.4) is 0 Å². The molecule has 5 nitrogen and oxygen atoms in total. The number of esters is 1. The van der Waals surface area contributed by atoms with Gasteiger partial charge in [0.15, 0.2) is 0 Å². The molecule has 0 amide bonds. The third-order valence-corrected chi connectivity index (χ3v) is 5.19. The van der Waals surface area contributed by atoms with Gasteiger partial charge in [0.1, 0.15) is 17.3 Å². The number of ether oxygens (including phenoxy) is 2. The fraction of sp³-hybridized carbons (Fsp3) is 0.476. The van der Waals surface area contributed by atoms with E-state index in [2.05, 4.69) is 0 Å². The van der Waals surface area contributed by atoms with E-state index in [0.29, 0.717) is 0 Å². The van der Waals surface area contributed by atoms with E-state index in [0.717, 1.165) is 5.56 Å². The maximum absolute atomic E-state index is 12.4. The van der Waals surface area contributed by atoms with Crippen molar-refractivity contribution in [1.29, 1.82) is 0 Å². The Balaban J connectivity index is 2.26. The molecule has 2 N–H and O–H groups in total. The lowest BCUT2D eigenvalue weighted by Crippen LogP contribution is -2.52. The summed E-state index contributed by atoms with van der Waals surface area (Å²) in [6.45, 7) is 5.19. The van der Waals surface area contributed by atoms with E-state index in [1.807, 2.05) is 30.3 Å². The topological polar surface area (TPSA) is 76.0 Å². The van der Waals surface area contributed by atoms with Crippen LogP contribution in [0.15, 0.2) is 48.6 Å². The van der Waals surface area contributed by atoms with Gasteiger partial charge in [-0.25, -0.2) is 4.79 Å². The molecule has 1 aromatic rings. The molecule has 1 fully saturated rings. The quantitative estimate of drug-likeness (QED) is 0.321. The van der Waals surface area contributed by atoms with E-state index in [1.165, 1.54) is 12.2 Å². The van der Waals surface area contributed by atoms with Crippen molar-refractivity contribution in [1.82, 2.24) is 0 Å². The molecule has 0 saturated heterocycles. The maximum Gasteiger partial charge on any atom is 0.331 e. The fourth-order valence-corrected chi connectivity index (χ4v) is 4.22. The van der Waals surface area contributed by atoms with Crippen LogP contribution >= 0.6 is 11.6 Å². The smallest absolute Gasteiger partial charge is 0.331 e. The van der Waals surface area contributed by atoms with Gasteiger partial charge in [-0.1, -0.05) is 54.1 Å². The minimum absolute atomic E-state index is 0.0718. The van der Waals surface area contributed by atoms with Gasteiger partial charge in [0.25, 0.3) is 0 Å². The second-order valence-electron chi connectivity index (χ2n) is 7.04. The molecule has 0 unspecified atom stereocenters. The molecular formula is C21H27ClO5. The third-order valence-electron chi connectivity index (χ3n) is 5.06. The van der Waals surface area contributed by atoms with Gasteiger partial charge in [-0.15, -0.1) is 0 Å². The van der Waals surface area contributed by atoms with Crippen molar-refractivity contribution in [2.75, 3.05) is 6.07 Å². The summed E-state index contributed by atoms with van der Waals surface area (Å²) >= 11 is 5.69. The SMILES string of the molecule is C/C=C\[C@@]1(O)[C@H](O)C[C@](C)(OC(=O)/C=C/c2ccccc2)[C@H]1[C@@H](C)OCCl. The Morgan fingerprint density at radius 2 is 2.07 bits per heavy atom. The van der Waals surface area contributed by atoms with Crippen LogP contribution in [0, 0.1) is 5.92 Å². The predicted molar refractivity (Wildman–Crippen MR) is 105 cm³/mol. The van der Waals surface area contributed by atoms with Crippen LogP contribution in [0.4, 0.5) is 0 Å². The summed E-state index contributed by atoms with van der Waals surface area (Å²) in [7, 11) is 0. The number of alkyl halides is 1. The molecule has 148 valence electrons. The van der Waals surface area contributed by atoms with Gasteiger partial charge < -0.3 is 19.7 Å². The van der Waals surface area contributed by atoms with Crippen molar-refractivity contribution >= 4 is 23.6 Å². The monoisotopic (exact) mass is 394 g/mol. The molecule has 27 heavy (non-hydrogen) atoms. The lowest BCUT2D eigenvalue weighted by atomic mass is 9.79. The maximum atomic E-state index is 12.4. The Hall–Kier alpha value is -1.66. The fourth-order valence-electron chi connectivity index (χ4n) is 4.02. The molecular weight excluding hydrogens is 368 g/mol. The van der Waals surface area contributed by atoms with Crippen molar-refractivity contribution < 1.29 is 24.5 Å². The van der Waals surface area contributed by atoms with Gasteiger partial charge in [-0.2, -0.15) is 0 Å². The molecule has 0 radical (unpaired) electrons. The summed E-state index contributed by atoms with van der Waals surface area (Å²) in [5.41, 5.74) is -1.85. The van der Waals surface area contributed by atoms with E-state index in [4.69, 9.17) is 21.1 Å². The minimum atomic E-state index is -1.58. The van der Waals surface area contributed by atoms with Gasteiger partial charge >= 0.3 is 5.97 Å². The van der Waals surface area contributed by atoms with Gasteiger partial charge in [-0.3, -0.25) is 0 Å². The highest BCUT2D eigenvalue weighted by Gasteiger charge is 2.62. The summed E-state index contributed by atoms with van der Waals surface area (Å²) in [6.07, 6.45) is 4.61. The van der Waals surface area contributed by atoms with Crippen molar-refractivity contribution in [3.63, 3.8) is 0 Å². The Morgan fingerprint density at radius 3 is 2.67 bits per heavy atom. The first-order valence-corrected chi connectivity index (χ1v) is 9.48. The number of hydrogen-bond acceptors (Lipinski definition) is 5. The summed E-state index contributed by atoms with van der Waals surface area (Å²) in [4.78, 5) is 12.4. The van der Waals surface area contributed by atoms with Crippen LogP contribution in [-0.4, -0.2) is 45.7 Å². The van der Waals surface area contributed by atoms with Crippen molar-refractivity contribution in [3.05, 3.63) is 54.1 Å². The van der Waals surface area contributed by atoms with Crippen molar-refractivity contribution in [3.8, 4) is 0 Å². The predicted octanol–water partition coefficient (Wildman–Crippen LogP) is 3.29. The number of carbonyl (C=O) groups is 1. The van der Waals surface area contributed by atoms with Gasteiger partial charge in [0.05, 0.1) is 18.1 Å². The zero-order valence-corrected chi connectivity index (χ0v) is 16.6. The number of benzene rings is 1. The van der Waals surface area contributed by atoms with Crippen LogP contribution in [0.1, 0.15) is 32.8 Å². The molecule has 2 rings (SSSR count). The van der Waals surface area contributed by atoms with Crippen LogP contribution in [0.2, 0.25) is 0 Å². The van der Waals surface area contributed by atoms with Crippen LogP contribution in [-0.2, 0) is 14.3 Å². The zero-order chi connectivity index (χ0) is 20.1. The first-order chi connectivity index (χ1) is 12.8. The molecule has 1 saturated carbocycles. The average Bonchev–Trinajstić information content (AvgIpc) is 2.80. The standard InChI is InChI=1S/C21H27ClO5/c1-4-12-21(25)17(23)13-20(3,19(21)15(2)26-14-22)27-18(24)11-10-16-8-6-5-7-9-16/h4-12,15,17,19,23,25H,13-14H2,1-3H3/b11-10+,12-4-/t15-,17-,19-,20+,21-/m1/s1. The molecule has 0 spiro atoms. The number of carbonyl (C=O) groups excluding carboxylic acids is 1. The minimum Gasteiger partial charge on any atom is -0.456 e. The van der Waals surface area contributed by atoms with Gasteiger partial charge in [-0.05, 0) is 32.4 Å². The van der Waals surface area contributed by atoms with E-state index in [9.17, 15) is 15.0 Å². The highest BCUT2D eigenvalue weighted by Crippen LogP contribution is 2.49. The van der Waals surface area contributed by atoms with E-state index in [-0.39, 0.29) is 12.5 Å². The lowest BCUT2D eigenvalue weighted by molar-refractivity contribution is -0.168. The number of hydrogen-bond donors (Lipinski definition) is 2. The summed E-state index contributed by atoms with van der Waals surface area (Å²) in [5, 5.41) is 21.6. The van der Waals surface area contributed by atoms with E-state index in [1.54, 1.807) is 32.9 Å². The Kier molecular flexibility index (Phi) is 7.23. The highest BCUT2D eigenvalue weighted by molar-refractivity contribution is 6.17. The van der Waals surface area contributed by atoms with Crippen molar-refractivity contribution in [2.45, 2.75) is 50.6 Å². The van der Waals surface area contributed by atoms with Gasteiger partial charge in [0.2, 0.25) is 0 Å². The van der Waals surface area contributed by atoms with Crippen LogP contribution in [0.25, 0.3) is 6.08 Å². The molecule has 1 aliphatic carbocycles. The van der Waals surface area contributed by atoms with E-state index >= 15 is 0 Å². The van der Waals surface area contributed by atoms with Crippen LogP contribution in [0.5, 0.6) is 0 Å². The number of halogens is 1. The molecule has 0 heterocycles. The molecule has 0 aliphatic heterocycles. The second kappa shape index (κ2) is 9.02. The average molecular weight is 395 g/mol. The molecule has 5 atom stereocenters. The zero-order valence-electron chi connectivity index (χ0n) is 15.8. The molecule has 0 bridgehead atoms. The first kappa shape index (κ1) is 21.6. The van der Waals surface area contributed by atoms with Crippen molar-refractivity contribution in [2.24, 2.45) is 5.92 Å². The largest absolute Gasteiger partial charge is 0.456 e. The summed E-state index contributed by atoms with van der Waals surface area (Å²) in [5.74, 6) is -1.25. The molecule has 0 aromatic heterocycles. The Morgan fingerprint density at radius 1 is 1.41 bits per heavy atom. The molecule has 6 heteroatoms. The van der Waals surface area contributed by atoms with Crippen LogP contribution < -0.4 is 0 Å². The first-order valence-electron chi connectivity index (χ1n) is 8.95. The number of aliphatic hydroxyl groups is 2. The van der Waals surface area contributed by atoms with Gasteiger partial charge in [0, 0.05) is 12.5 Å². The number of allylic oxidation sites excluding steroid dienone is 1. The Bertz CT molecular complexity index is 689. The third kappa shape index (κ3) is 4.79. The lowest BCUT2D eigenvalue weighted by Gasteiger charge is -2.39. The number of rotatable bonds is 7.